The number of rotatable bonds is 9. The van der Waals surface area contributed by atoms with Crippen molar-refractivity contribution in [1.29, 1.82) is 0 Å². The third kappa shape index (κ3) is 6.05. The molecule has 0 bridgehead atoms. The molecule has 8 nitrogen and oxygen atoms in total. The third-order valence-electron chi connectivity index (χ3n) is 6.37. The zero-order valence-corrected chi connectivity index (χ0v) is 24.4. The molecule has 4 aromatic rings. The van der Waals surface area contributed by atoms with E-state index in [1.165, 1.54) is 13.3 Å². The molecule has 4 rings (SSSR count). The highest BCUT2D eigenvalue weighted by atomic mass is 35.5. The average molecular weight is 580 g/mol. The van der Waals surface area contributed by atoms with Crippen LogP contribution in [-0.4, -0.2) is 38.8 Å². The molecule has 0 aliphatic rings. The van der Waals surface area contributed by atoms with Gasteiger partial charge >= 0.3 is 5.97 Å². The van der Waals surface area contributed by atoms with Gasteiger partial charge in [0.25, 0.3) is 0 Å². The summed E-state index contributed by atoms with van der Waals surface area (Å²) in [6, 6.07) is 19.4. The quantitative estimate of drug-likeness (QED) is 0.201. The minimum Gasteiger partial charge on any atom is -0.495 e. The minimum absolute atomic E-state index is 0.194. The average Bonchev–Trinajstić information content (AvgIpc) is 2.95. The molecule has 1 heterocycles. The summed E-state index contributed by atoms with van der Waals surface area (Å²) in [4.78, 5) is 16.4. The van der Waals surface area contributed by atoms with Gasteiger partial charge in [-0.05, 0) is 73.9 Å². The first kappa shape index (κ1) is 28.9. The van der Waals surface area contributed by atoms with Crippen molar-refractivity contribution in [3.05, 3.63) is 89.1 Å². The lowest BCUT2D eigenvalue weighted by molar-refractivity contribution is 0.0600. The Labute approximate surface area is 239 Å². The SMILES string of the molecule is COC(=O)c1ccc(-c2cc(OC)c(Nc3cc(Nc4ccccc4S(=O)(=O)C(C)C)c(Cl)cn3)cc2C)cc1. The van der Waals surface area contributed by atoms with Crippen LogP contribution in [0.1, 0.15) is 29.8 Å². The first-order chi connectivity index (χ1) is 19.0. The van der Waals surface area contributed by atoms with Gasteiger partial charge < -0.3 is 20.1 Å². The molecule has 40 heavy (non-hydrogen) atoms. The molecule has 1 aromatic heterocycles. The van der Waals surface area contributed by atoms with Crippen LogP contribution in [0.2, 0.25) is 5.02 Å². The Morgan fingerprint density at radius 2 is 1.62 bits per heavy atom. The second-order valence-electron chi connectivity index (χ2n) is 9.33. The number of pyridine rings is 1. The molecule has 0 amide bonds. The number of benzene rings is 3. The molecule has 0 saturated carbocycles. The van der Waals surface area contributed by atoms with E-state index < -0.39 is 21.1 Å². The van der Waals surface area contributed by atoms with Crippen molar-refractivity contribution in [2.75, 3.05) is 24.9 Å². The number of carbonyl (C=O) groups is 1. The molecule has 10 heteroatoms. The van der Waals surface area contributed by atoms with Crippen LogP contribution < -0.4 is 15.4 Å². The molecule has 0 unspecified atom stereocenters. The highest BCUT2D eigenvalue weighted by molar-refractivity contribution is 7.92. The number of nitrogens with one attached hydrogen (secondary N) is 2. The summed E-state index contributed by atoms with van der Waals surface area (Å²) in [6.45, 7) is 5.26. The standard InChI is InChI=1S/C30H30ClN3O5S/c1-18(2)40(36,37)28-9-7-6-8-24(28)33-25-16-29(32-17-23(25)31)34-26-14-19(3)22(15-27(26)38-4)20-10-12-21(13-11-20)30(35)39-5/h6-18H,1-5H3,(H2,32,33,34). The lowest BCUT2D eigenvalue weighted by Gasteiger charge is -2.17. The Bertz CT molecular complexity index is 1650. The maximum atomic E-state index is 12.9. The van der Waals surface area contributed by atoms with Crippen LogP contribution in [0.5, 0.6) is 5.75 Å². The van der Waals surface area contributed by atoms with E-state index >= 15 is 0 Å². The molecule has 0 radical (unpaired) electrons. The first-order valence-corrected chi connectivity index (χ1v) is 14.4. The Morgan fingerprint density at radius 3 is 2.27 bits per heavy atom. The minimum atomic E-state index is -3.52. The number of nitrogens with zero attached hydrogens (tertiary/aromatic N) is 1. The third-order valence-corrected chi connectivity index (χ3v) is 8.88. The van der Waals surface area contributed by atoms with Crippen LogP contribution in [0, 0.1) is 6.92 Å². The second-order valence-corrected chi connectivity index (χ2v) is 12.2. The summed E-state index contributed by atoms with van der Waals surface area (Å²) in [5.41, 5.74) is 4.88. The molecule has 2 N–H and O–H groups in total. The normalized spacial score (nSPS) is 11.3. The second kappa shape index (κ2) is 12.0. The van der Waals surface area contributed by atoms with E-state index in [4.69, 9.17) is 21.1 Å². The van der Waals surface area contributed by atoms with E-state index in [0.29, 0.717) is 39.2 Å². The fourth-order valence-electron chi connectivity index (χ4n) is 4.13. The van der Waals surface area contributed by atoms with Gasteiger partial charge in [0.15, 0.2) is 9.84 Å². The van der Waals surface area contributed by atoms with Gasteiger partial charge in [0.05, 0.1) is 58.2 Å². The smallest absolute Gasteiger partial charge is 0.337 e. The predicted molar refractivity (Wildman–Crippen MR) is 159 cm³/mol. The number of ether oxygens (including phenoxy) is 2. The van der Waals surface area contributed by atoms with Gasteiger partial charge in [0.1, 0.15) is 11.6 Å². The van der Waals surface area contributed by atoms with Crippen LogP contribution in [0.3, 0.4) is 0 Å². The van der Waals surface area contributed by atoms with Crippen LogP contribution in [0.15, 0.2) is 77.8 Å². The van der Waals surface area contributed by atoms with E-state index in [9.17, 15) is 13.2 Å². The van der Waals surface area contributed by atoms with Crippen molar-refractivity contribution in [3.8, 4) is 16.9 Å². The fourth-order valence-corrected chi connectivity index (χ4v) is 5.48. The molecule has 0 atom stereocenters. The number of carbonyl (C=O) groups excluding carboxylic acids is 1. The van der Waals surface area contributed by atoms with Crippen LogP contribution in [-0.2, 0) is 14.6 Å². The number of aromatic nitrogens is 1. The summed E-state index contributed by atoms with van der Waals surface area (Å²) in [5.74, 6) is 0.663. The van der Waals surface area contributed by atoms with Gasteiger partial charge in [0, 0.05) is 6.07 Å². The van der Waals surface area contributed by atoms with Crippen molar-refractivity contribution in [3.63, 3.8) is 0 Å². The predicted octanol–water partition coefficient (Wildman–Crippen LogP) is 7.17. The fraction of sp³-hybridized carbons (Fsp3) is 0.200. The number of halogens is 1. The van der Waals surface area contributed by atoms with Gasteiger partial charge in [-0.25, -0.2) is 18.2 Å². The largest absolute Gasteiger partial charge is 0.495 e. The molecule has 3 aromatic carbocycles. The van der Waals surface area contributed by atoms with Gasteiger partial charge in [-0.15, -0.1) is 0 Å². The van der Waals surface area contributed by atoms with Crippen molar-refractivity contribution in [2.24, 2.45) is 0 Å². The Kier molecular flexibility index (Phi) is 8.66. The van der Waals surface area contributed by atoms with Crippen molar-refractivity contribution < 1.29 is 22.7 Å². The van der Waals surface area contributed by atoms with Gasteiger partial charge in [-0.3, -0.25) is 0 Å². The van der Waals surface area contributed by atoms with Crippen molar-refractivity contribution in [2.45, 2.75) is 30.9 Å². The van der Waals surface area contributed by atoms with E-state index in [2.05, 4.69) is 15.6 Å². The highest BCUT2D eigenvalue weighted by Gasteiger charge is 2.23. The molecule has 0 fully saturated rings. The monoisotopic (exact) mass is 579 g/mol. The Morgan fingerprint density at radius 1 is 0.925 bits per heavy atom. The number of para-hydroxylation sites is 1. The molecule has 0 aliphatic heterocycles. The zero-order valence-electron chi connectivity index (χ0n) is 22.8. The summed E-state index contributed by atoms with van der Waals surface area (Å²) >= 11 is 6.43. The number of aryl methyl sites for hydroxylation is 1. The number of anilines is 4. The van der Waals surface area contributed by atoms with Crippen LogP contribution in [0.25, 0.3) is 11.1 Å². The molecule has 0 saturated heterocycles. The zero-order chi connectivity index (χ0) is 29.0. The van der Waals surface area contributed by atoms with Crippen molar-refractivity contribution >= 4 is 50.3 Å². The summed E-state index contributed by atoms with van der Waals surface area (Å²) in [6.07, 6.45) is 1.49. The van der Waals surface area contributed by atoms with Gasteiger partial charge in [-0.1, -0.05) is 35.9 Å². The molecular formula is C30H30ClN3O5S. The number of methoxy groups -OCH3 is 2. The number of hydrogen-bond donors (Lipinski definition) is 2. The first-order valence-electron chi connectivity index (χ1n) is 12.4. The van der Waals surface area contributed by atoms with Gasteiger partial charge in [0.2, 0.25) is 0 Å². The lowest BCUT2D eigenvalue weighted by Crippen LogP contribution is -2.15. The van der Waals surface area contributed by atoms with Crippen LogP contribution in [0.4, 0.5) is 22.9 Å². The van der Waals surface area contributed by atoms with Crippen LogP contribution >= 0.6 is 11.6 Å². The maximum Gasteiger partial charge on any atom is 0.337 e. The summed E-state index contributed by atoms with van der Waals surface area (Å²) < 4.78 is 36.2. The topological polar surface area (TPSA) is 107 Å². The number of sulfone groups is 1. The van der Waals surface area contributed by atoms with Gasteiger partial charge in [-0.2, -0.15) is 0 Å². The van der Waals surface area contributed by atoms with E-state index in [-0.39, 0.29) is 4.90 Å². The number of hydrogen-bond acceptors (Lipinski definition) is 8. The summed E-state index contributed by atoms with van der Waals surface area (Å²) in [7, 11) is -0.598. The summed E-state index contributed by atoms with van der Waals surface area (Å²) in [5, 5.41) is 6.19. The van der Waals surface area contributed by atoms with Crippen molar-refractivity contribution in [1.82, 2.24) is 4.98 Å². The van der Waals surface area contributed by atoms with E-state index in [1.807, 2.05) is 31.2 Å². The lowest BCUT2D eigenvalue weighted by atomic mass is 9.98. The van der Waals surface area contributed by atoms with E-state index in [0.717, 1.165) is 16.7 Å². The van der Waals surface area contributed by atoms with E-state index in [1.54, 1.807) is 63.4 Å². The Hall–Kier alpha value is -4.08. The molecule has 0 spiro atoms. The molecule has 0 aliphatic carbocycles. The number of esters is 1. The highest BCUT2D eigenvalue weighted by Crippen LogP contribution is 2.37. The molecular weight excluding hydrogens is 550 g/mol. The molecule has 208 valence electrons. The Balaban J connectivity index is 1.64. The maximum absolute atomic E-state index is 12.9.